The van der Waals surface area contributed by atoms with Crippen LogP contribution in [0.15, 0.2) is 11.8 Å². The van der Waals surface area contributed by atoms with Gasteiger partial charge >= 0.3 is 5.97 Å². The molecule has 0 aliphatic carbocycles. The maximum Gasteiger partial charge on any atom is 0.337 e. The Balaban J connectivity index is 2.98. The van der Waals surface area contributed by atoms with Crippen molar-refractivity contribution in [1.82, 2.24) is 0 Å². The van der Waals surface area contributed by atoms with Gasteiger partial charge in [-0.1, -0.05) is 27.7 Å². The normalized spacial score (nSPS) is 19.4. The molecule has 16 heavy (non-hydrogen) atoms. The van der Waals surface area contributed by atoms with Crippen LogP contribution in [0.1, 0.15) is 27.7 Å². The van der Waals surface area contributed by atoms with Crippen LogP contribution in [-0.2, 0) is 19.0 Å². The van der Waals surface area contributed by atoms with Gasteiger partial charge < -0.3 is 14.2 Å². The molecular weight excluding hydrogens is 208 g/mol. The van der Waals surface area contributed by atoms with Gasteiger partial charge in [-0.05, 0) is 0 Å². The summed E-state index contributed by atoms with van der Waals surface area (Å²) in [6.45, 7) is 8.19. The first kappa shape index (κ1) is 13.0. The predicted molar refractivity (Wildman–Crippen MR) is 59.5 cm³/mol. The monoisotopic (exact) mass is 228 g/mol. The SMILES string of the molecule is COCC1=CC(=O)OC(C(C)C)(C(C)C)O1. The predicted octanol–water partition coefficient (Wildman–Crippen LogP) is 2.10. The van der Waals surface area contributed by atoms with Crippen molar-refractivity contribution in [3.63, 3.8) is 0 Å². The number of carbonyl (C=O) groups is 1. The molecule has 0 saturated heterocycles. The Morgan fingerprint density at radius 1 is 1.25 bits per heavy atom. The standard InChI is InChI=1S/C12H20O4/c1-8(2)12(9(3)4)15-10(7-14-5)6-11(13)16-12/h6,8-9H,7H2,1-5H3. The highest BCUT2D eigenvalue weighted by Gasteiger charge is 2.46. The van der Waals surface area contributed by atoms with Crippen molar-refractivity contribution in [3.05, 3.63) is 11.8 Å². The molecule has 0 spiro atoms. The molecule has 0 amide bonds. The van der Waals surface area contributed by atoms with E-state index < -0.39 is 5.79 Å². The van der Waals surface area contributed by atoms with Crippen molar-refractivity contribution in [3.8, 4) is 0 Å². The molecule has 0 bridgehead atoms. The van der Waals surface area contributed by atoms with E-state index in [1.165, 1.54) is 6.08 Å². The maximum absolute atomic E-state index is 11.5. The third kappa shape index (κ3) is 2.38. The minimum atomic E-state index is -0.875. The summed E-state index contributed by atoms with van der Waals surface area (Å²) in [7, 11) is 1.57. The summed E-state index contributed by atoms with van der Waals surface area (Å²) in [5, 5.41) is 0. The fraction of sp³-hybridized carbons (Fsp3) is 0.750. The molecule has 0 N–H and O–H groups in total. The van der Waals surface area contributed by atoms with E-state index >= 15 is 0 Å². The average Bonchev–Trinajstić information content (AvgIpc) is 2.16. The second-order valence-electron chi connectivity index (χ2n) is 4.60. The maximum atomic E-state index is 11.5. The fourth-order valence-electron chi connectivity index (χ4n) is 1.92. The summed E-state index contributed by atoms with van der Waals surface area (Å²) >= 11 is 0. The fourth-order valence-corrected chi connectivity index (χ4v) is 1.92. The molecule has 4 heteroatoms. The number of cyclic esters (lactones) is 1. The Labute approximate surface area is 96.6 Å². The van der Waals surface area contributed by atoms with Crippen molar-refractivity contribution in [1.29, 1.82) is 0 Å². The number of esters is 1. The summed E-state index contributed by atoms with van der Waals surface area (Å²) in [4.78, 5) is 11.5. The second-order valence-corrected chi connectivity index (χ2v) is 4.60. The lowest BCUT2D eigenvalue weighted by atomic mass is 9.90. The quantitative estimate of drug-likeness (QED) is 0.691. The number of hydrogen-bond donors (Lipinski definition) is 0. The van der Waals surface area contributed by atoms with Crippen molar-refractivity contribution in [2.24, 2.45) is 11.8 Å². The van der Waals surface area contributed by atoms with Crippen molar-refractivity contribution in [2.75, 3.05) is 13.7 Å². The van der Waals surface area contributed by atoms with Gasteiger partial charge in [-0.2, -0.15) is 0 Å². The van der Waals surface area contributed by atoms with Gasteiger partial charge in [0.15, 0.2) is 0 Å². The first-order valence-electron chi connectivity index (χ1n) is 5.54. The van der Waals surface area contributed by atoms with E-state index in [4.69, 9.17) is 14.2 Å². The van der Waals surface area contributed by atoms with Crippen LogP contribution in [0.4, 0.5) is 0 Å². The highest BCUT2D eigenvalue weighted by Crippen LogP contribution is 2.36. The van der Waals surface area contributed by atoms with Crippen LogP contribution in [0.5, 0.6) is 0 Å². The van der Waals surface area contributed by atoms with Crippen LogP contribution >= 0.6 is 0 Å². The van der Waals surface area contributed by atoms with Gasteiger partial charge in [-0.3, -0.25) is 0 Å². The lowest BCUT2D eigenvalue weighted by Crippen LogP contribution is -2.49. The molecule has 0 aromatic heterocycles. The number of rotatable bonds is 4. The Hall–Kier alpha value is -1.03. The molecule has 0 saturated carbocycles. The molecule has 0 fully saturated rings. The molecule has 0 aromatic carbocycles. The lowest BCUT2D eigenvalue weighted by Gasteiger charge is -2.42. The summed E-state index contributed by atoms with van der Waals surface area (Å²) in [5.74, 6) is -0.546. The molecule has 0 unspecified atom stereocenters. The molecule has 92 valence electrons. The topological polar surface area (TPSA) is 44.8 Å². The Morgan fingerprint density at radius 2 is 1.81 bits per heavy atom. The molecule has 0 atom stereocenters. The van der Waals surface area contributed by atoms with Gasteiger partial charge in [0.1, 0.15) is 12.4 Å². The summed E-state index contributed by atoms with van der Waals surface area (Å²) in [6, 6.07) is 0. The molecule has 4 nitrogen and oxygen atoms in total. The van der Waals surface area contributed by atoms with E-state index in [1.807, 2.05) is 27.7 Å². The first-order valence-corrected chi connectivity index (χ1v) is 5.54. The smallest absolute Gasteiger partial charge is 0.337 e. The zero-order valence-electron chi connectivity index (χ0n) is 10.6. The molecule has 0 aromatic rings. The van der Waals surface area contributed by atoms with Crippen LogP contribution in [0.2, 0.25) is 0 Å². The highest BCUT2D eigenvalue weighted by atomic mass is 16.7. The van der Waals surface area contributed by atoms with Crippen LogP contribution in [0.3, 0.4) is 0 Å². The van der Waals surface area contributed by atoms with E-state index in [9.17, 15) is 4.79 Å². The van der Waals surface area contributed by atoms with Crippen molar-refractivity contribution >= 4 is 5.97 Å². The zero-order valence-corrected chi connectivity index (χ0v) is 10.6. The summed E-state index contributed by atoms with van der Waals surface area (Å²) in [6.07, 6.45) is 1.34. The number of hydrogen-bond acceptors (Lipinski definition) is 4. The average molecular weight is 228 g/mol. The van der Waals surface area contributed by atoms with Crippen LogP contribution in [-0.4, -0.2) is 25.5 Å². The third-order valence-corrected chi connectivity index (χ3v) is 2.73. The van der Waals surface area contributed by atoms with E-state index in [1.54, 1.807) is 7.11 Å². The minimum Gasteiger partial charge on any atom is -0.453 e. The first-order chi connectivity index (χ1) is 7.42. The summed E-state index contributed by atoms with van der Waals surface area (Å²) < 4.78 is 16.2. The van der Waals surface area contributed by atoms with E-state index in [-0.39, 0.29) is 24.4 Å². The Bertz CT molecular complexity index is 283. The van der Waals surface area contributed by atoms with Gasteiger partial charge in [0, 0.05) is 18.9 Å². The minimum absolute atomic E-state index is 0.0806. The molecule has 1 aliphatic heterocycles. The van der Waals surface area contributed by atoms with E-state index in [2.05, 4.69) is 0 Å². The largest absolute Gasteiger partial charge is 0.453 e. The van der Waals surface area contributed by atoms with Gasteiger partial charge in [-0.15, -0.1) is 0 Å². The second kappa shape index (κ2) is 4.87. The zero-order chi connectivity index (χ0) is 12.3. The van der Waals surface area contributed by atoms with Gasteiger partial charge in [-0.25, -0.2) is 4.79 Å². The van der Waals surface area contributed by atoms with E-state index in [0.717, 1.165) is 0 Å². The number of carbonyl (C=O) groups excluding carboxylic acids is 1. The Morgan fingerprint density at radius 3 is 2.25 bits per heavy atom. The molecule has 1 rings (SSSR count). The van der Waals surface area contributed by atoms with Gasteiger partial charge in [0.2, 0.25) is 0 Å². The van der Waals surface area contributed by atoms with Crippen LogP contribution < -0.4 is 0 Å². The molecule has 1 aliphatic rings. The van der Waals surface area contributed by atoms with Crippen molar-refractivity contribution in [2.45, 2.75) is 33.5 Å². The van der Waals surface area contributed by atoms with Gasteiger partial charge in [0.05, 0.1) is 6.08 Å². The highest BCUT2D eigenvalue weighted by molar-refractivity contribution is 5.83. The molecular formula is C12H20O4. The van der Waals surface area contributed by atoms with Gasteiger partial charge in [0.25, 0.3) is 5.79 Å². The van der Waals surface area contributed by atoms with Crippen LogP contribution in [0.25, 0.3) is 0 Å². The number of ether oxygens (including phenoxy) is 3. The lowest BCUT2D eigenvalue weighted by molar-refractivity contribution is -0.262. The molecule has 0 radical (unpaired) electrons. The number of methoxy groups -OCH3 is 1. The Kier molecular flexibility index (Phi) is 3.97. The molecule has 1 heterocycles. The third-order valence-electron chi connectivity index (χ3n) is 2.73. The van der Waals surface area contributed by atoms with E-state index in [0.29, 0.717) is 5.76 Å². The van der Waals surface area contributed by atoms with Crippen molar-refractivity contribution < 1.29 is 19.0 Å². The summed E-state index contributed by atoms with van der Waals surface area (Å²) in [5.41, 5.74) is 0. The van der Waals surface area contributed by atoms with Crippen LogP contribution in [0, 0.1) is 11.8 Å².